The first-order valence-electron chi connectivity index (χ1n) is 7.38. The molecule has 6 heteroatoms. The van der Waals surface area contributed by atoms with Gasteiger partial charge in [0, 0.05) is 18.5 Å². The smallest absolute Gasteiger partial charge is 0.237 e. The zero-order chi connectivity index (χ0) is 16.4. The summed E-state index contributed by atoms with van der Waals surface area (Å²) in [5, 5.41) is 3.56. The molecule has 2 unspecified atom stereocenters. The molecule has 3 N–H and O–H groups in total. The Labute approximate surface area is 135 Å². The zero-order valence-corrected chi connectivity index (χ0v) is 13.8. The first-order valence-corrected chi connectivity index (χ1v) is 7.76. The molecule has 1 saturated heterocycles. The lowest BCUT2D eigenvalue weighted by molar-refractivity contribution is -0.127. The van der Waals surface area contributed by atoms with Crippen LogP contribution in [0.2, 0.25) is 5.02 Å². The number of hydrogen-bond acceptors (Lipinski definition) is 3. The van der Waals surface area contributed by atoms with Crippen molar-refractivity contribution in [3.05, 3.63) is 34.9 Å². The van der Waals surface area contributed by atoms with Gasteiger partial charge < -0.3 is 16.0 Å². The number of likely N-dealkylation sites (N-methyl/N-ethyl adjacent to an activating group) is 1. The number of benzene rings is 1. The Morgan fingerprint density at radius 3 is 2.50 bits per heavy atom. The van der Waals surface area contributed by atoms with Crippen molar-refractivity contribution in [2.45, 2.75) is 38.4 Å². The van der Waals surface area contributed by atoms with E-state index < -0.39 is 6.04 Å². The molecule has 1 aromatic rings. The summed E-state index contributed by atoms with van der Waals surface area (Å²) >= 11 is 5.91. The van der Waals surface area contributed by atoms with Gasteiger partial charge in [0.1, 0.15) is 0 Å². The quantitative estimate of drug-likeness (QED) is 0.885. The first kappa shape index (κ1) is 16.8. The van der Waals surface area contributed by atoms with Crippen LogP contribution in [-0.2, 0) is 9.59 Å². The van der Waals surface area contributed by atoms with Crippen LogP contribution in [0.15, 0.2) is 24.3 Å². The molecule has 0 aromatic heterocycles. The van der Waals surface area contributed by atoms with Gasteiger partial charge in [0.2, 0.25) is 11.8 Å². The molecule has 1 fully saturated rings. The summed E-state index contributed by atoms with van der Waals surface area (Å²) in [5.41, 5.74) is 6.83. The lowest BCUT2D eigenvalue weighted by atomic mass is 9.98. The van der Waals surface area contributed by atoms with E-state index in [1.54, 1.807) is 24.1 Å². The van der Waals surface area contributed by atoms with Crippen LogP contribution in [0.3, 0.4) is 0 Å². The van der Waals surface area contributed by atoms with Crippen molar-refractivity contribution >= 4 is 23.4 Å². The Morgan fingerprint density at radius 2 is 1.95 bits per heavy atom. The molecule has 5 nitrogen and oxygen atoms in total. The van der Waals surface area contributed by atoms with E-state index in [1.807, 2.05) is 26.0 Å². The number of nitrogens with zero attached hydrogens (tertiary/aromatic N) is 1. The summed E-state index contributed by atoms with van der Waals surface area (Å²) in [6.45, 7) is 3.79. The van der Waals surface area contributed by atoms with E-state index in [1.165, 1.54) is 0 Å². The average Bonchev–Trinajstić information content (AvgIpc) is 2.74. The Kier molecular flexibility index (Phi) is 5.08. The van der Waals surface area contributed by atoms with Crippen LogP contribution in [-0.4, -0.2) is 35.8 Å². The van der Waals surface area contributed by atoms with Gasteiger partial charge in [-0.15, -0.1) is 0 Å². The van der Waals surface area contributed by atoms with Crippen molar-refractivity contribution in [1.82, 2.24) is 10.2 Å². The lowest BCUT2D eigenvalue weighted by Crippen LogP contribution is -2.49. The van der Waals surface area contributed by atoms with Gasteiger partial charge in [-0.2, -0.15) is 0 Å². The number of amides is 2. The highest BCUT2D eigenvalue weighted by atomic mass is 35.5. The molecule has 1 aliphatic rings. The second kappa shape index (κ2) is 6.67. The maximum absolute atomic E-state index is 12.2. The molecule has 22 heavy (non-hydrogen) atoms. The van der Waals surface area contributed by atoms with Crippen molar-refractivity contribution in [3.63, 3.8) is 0 Å². The highest BCUT2D eigenvalue weighted by Crippen LogP contribution is 2.32. The SMILES string of the molecule is CC(C)[C@H](N)C(=O)NC1CC(=O)N(C)C1c1ccc(Cl)cc1. The van der Waals surface area contributed by atoms with Gasteiger partial charge in [0.05, 0.1) is 18.1 Å². The average molecular weight is 324 g/mol. The highest BCUT2D eigenvalue weighted by molar-refractivity contribution is 6.30. The van der Waals surface area contributed by atoms with Gasteiger partial charge in [0.15, 0.2) is 0 Å². The zero-order valence-electron chi connectivity index (χ0n) is 13.0. The van der Waals surface area contributed by atoms with E-state index in [4.69, 9.17) is 17.3 Å². The van der Waals surface area contributed by atoms with Gasteiger partial charge in [-0.05, 0) is 23.6 Å². The third-order valence-corrected chi connectivity index (χ3v) is 4.40. The summed E-state index contributed by atoms with van der Waals surface area (Å²) in [7, 11) is 1.75. The fourth-order valence-electron chi connectivity index (χ4n) is 2.70. The molecular formula is C16H22ClN3O2. The summed E-state index contributed by atoms with van der Waals surface area (Å²) in [6, 6.07) is 6.27. The van der Waals surface area contributed by atoms with Crippen LogP contribution in [0.5, 0.6) is 0 Å². The molecule has 3 atom stereocenters. The van der Waals surface area contributed by atoms with Crippen LogP contribution >= 0.6 is 11.6 Å². The minimum absolute atomic E-state index is 0.00312. The van der Waals surface area contributed by atoms with Crippen molar-refractivity contribution in [1.29, 1.82) is 0 Å². The largest absolute Gasteiger partial charge is 0.349 e. The number of nitrogens with two attached hydrogens (primary N) is 1. The number of nitrogens with one attached hydrogen (secondary N) is 1. The third-order valence-electron chi connectivity index (χ3n) is 4.15. The Bertz CT molecular complexity index is 559. The second-order valence-electron chi connectivity index (χ2n) is 6.09. The molecular weight excluding hydrogens is 302 g/mol. The monoisotopic (exact) mass is 323 g/mol. The topological polar surface area (TPSA) is 75.4 Å². The number of rotatable bonds is 4. The Morgan fingerprint density at radius 1 is 1.36 bits per heavy atom. The molecule has 0 aliphatic carbocycles. The molecule has 1 aromatic carbocycles. The van der Waals surface area contributed by atoms with E-state index in [9.17, 15) is 9.59 Å². The van der Waals surface area contributed by atoms with Crippen molar-refractivity contribution < 1.29 is 9.59 Å². The fraction of sp³-hybridized carbons (Fsp3) is 0.500. The minimum Gasteiger partial charge on any atom is -0.349 e. The number of carbonyl (C=O) groups is 2. The van der Waals surface area contributed by atoms with E-state index in [2.05, 4.69) is 5.32 Å². The molecule has 120 valence electrons. The number of carbonyl (C=O) groups excluding carboxylic acids is 2. The van der Waals surface area contributed by atoms with Crippen molar-refractivity contribution in [3.8, 4) is 0 Å². The van der Waals surface area contributed by atoms with Crippen LogP contribution in [0.4, 0.5) is 0 Å². The first-order chi connectivity index (χ1) is 10.3. The lowest BCUT2D eigenvalue weighted by Gasteiger charge is -2.27. The maximum atomic E-state index is 12.2. The molecule has 2 rings (SSSR count). The van der Waals surface area contributed by atoms with Gasteiger partial charge in [-0.25, -0.2) is 0 Å². The van der Waals surface area contributed by atoms with Crippen molar-refractivity contribution in [2.75, 3.05) is 7.05 Å². The van der Waals surface area contributed by atoms with E-state index in [0.29, 0.717) is 5.02 Å². The van der Waals surface area contributed by atoms with E-state index in [-0.39, 0.29) is 36.2 Å². The maximum Gasteiger partial charge on any atom is 0.237 e. The minimum atomic E-state index is -0.577. The second-order valence-corrected chi connectivity index (χ2v) is 6.53. The summed E-state index contributed by atoms with van der Waals surface area (Å²) in [6.07, 6.45) is 0.278. The van der Waals surface area contributed by atoms with Crippen LogP contribution < -0.4 is 11.1 Å². The summed E-state index contributed by atoms with van der Waals surface area (Å²) < 4.78 is 0. The molecule has 0 radical (unpaired) electrons. The standard InChI is InChI=1S/C16H22ClN3O2/c1-9(2)14(18)16(22)19-12-8-13(21)20(3)15(12)10-4-6-11(17)7-5-10/h4-7,9,12,14-15H,8,18H2,1-3H3,(H,19,22)/t12?,14-,15?/m0/s1. The number of halogens is 1. The number of likely N-dealkylation sites (tertiary alicyclic amines) is 1. The molecule has 1 heterocycles. The van der Waals surface area contributed by atoms with Crippen LogP contribution in [0.1, 0.15) is 31.9 Å². The Hall–Kier alpha value is -1.59. The van der Waals surface area contributed by atoms with Gasteiger partial charge in [-0.1, -0.05) is 37.6 Å². The molecule has 0 bridgehead atoms. The van der Waals surface area contributed by atoms with Crippen LogP contribution in [0.25, 0.3) is 0 Å². The number of hydrogen-bond donors (Lipinski definition) is 2. The molecule has 2 amide bonds. The predicted molar refractivity (Wildman–Crippen MR) is 86.3 cm³/mol. The van der Waals surface area contributed by atoms with Gasteiger partial charge >= 0.3 is 0 Å². The molecule has 0 saturated carbocycles. The van der Waals surface area contributed by atoms with Crippen LogP contribution in [0, 0.1) is 5.92 Å². The van der Waals surface area contributed by atoms with Crippen molar-refractivity contribution in [2.24, 2.45) is 11.7 Å². The predicted octanol–water partition coefficient (Wildman–Crippen LogP) is 1.71. The van der Waals surface area contributed by atoms with Gasteiger partial charge in [-0.3, -0.25) is 9.59 Å². The highest BCUT2D eigenvalue weighted by Gasteiger charge is 2.39. The molecule has 0 spiro atoms. The molecule has 1 aliphatic heterocycles. The van der Waals surface area contributed by atoms with E-state index in [0.717, 1.165) is 5.56 Å². The summed E-state index contributed by atoms with van der Waals surface area (Å²) in [4.78, 5) is 25.9. The summed E-state index contributed by atoms with van der Waals surface area (Å²) in [5.74, 6) is -0.172. The fourth-order valence-corrected chi connectivity index (χ4v) is 2.82. The van der Waals surface area contributed by atoms with E-state index >= 15 is 0 Å². The van der Waals surface area contributed by atoms with Gasteiger partial charge in [0.25, 0.3) is 0 Å². The Balaban J connectivity index is 2.20. The third kappa shape index (κ3) is 3.42. The normalized spacial score (nSPS) is 23.0.